The molecule has 15 heavy (non-hydrogen) atoms. The van der Waals surface area contributed by atoms with Crippen molar-refractivity contribution in [2.75, 3.05) is 13.1 Å². The Hall–Kier alpha value is -0.0800. The molecule has 3 N–H and O–H groups in total. The molecule has 1 aliphatic rings. The van der Waals surface area contributed by atoms with Gasteiger partial charge in [-0.3, -0.25) is 0 Å². The van der Waals surface area contributed by atoms with Gasteiger partial charge in [-0.1, -0.05) is 27.2 Å². The molecule has 1 unspecified atom stereocenters. The second-order valence-corrected chi connectivity index (χ2v) is 5.93. The molecule has 1 rings (SSSR count). The molecule has 2 heteroatoms. The van der Waals surface area contributed by atoms with Gasteiger partial charge in [0.25, 0.3) is 0 Å². The van der Waals surface area contributed by atoms with Crippen LogP contribution in [0.3, 0.4) is 0 Å². The van der Waals surface area contributed by atoms with Crippen molar-refractivity contribution in [2.45, 2.75) is 64.8 Å². The Morgan fingerprint density at radius 1 is 1.13 bits per heavy atom. The third-order valence-corrected chi connectivity index (χ3v) is 3.93. The van der Waals surface area contributed by atoms with Crippen LogP contribution >= 0.6 is 0 Å². The van der Waals surface area contributed by atoms with Crippen LogP contribution in [-0.2, 0) is 0 Å². The van der Waals surface area contributed by atoms with Crippen molar-refractivity contribution in [1.82, 2.24) is 5.32 Å². The molecule has 0 radical (unpaired) electrons. The van der Waals surface area contributed by atoms with Crippen molar-refractivity contribution in [3.05, 3.63) is 0 Å². The van der Waals surface area contributed by atoms with Gasteiger partial charge >= 0.3 is 0 Å². The lowest BCUT2D eigenvalue weighted by molar-refractivity contribution is 0.267. The van der Waals surface area contributed by atoms with Gasteiger partial charge in [0.1, 0.15) is 0 Å². The molecule has 0 aromatic heterocycles. The van der Waals surface area contributed by atoms with Crippen LogP contribution in [0.15, 0.2) is 0 Å². The summed E-state index contributed by atoms with van der Waals surface area (Å²) in [5.41, 5.74) is 6.73. The highest BCUT2D eigenvalue weighted by Crippen LogP contribution is 2.37. The van der Waals surface area contributed by atoms with E-state index in [4.69, 9.17) is 5.73 Å². The molecule has 0 heterocycles. The molecular weight excluding hydrogens is 184 g/mol. The standard InChI is InChI=1S/C13H28N2/c1-4-10-15-13(11-14)7-5-6-12(2,3)8-9-13/h15H,4-11,14H2,1-3H3. The fraction of sp³-hybridized carbons (Fsp3) is 1.00. The summed E-state index contributed by atoms with van der Waals surface area (Å²) in [6.45, 7) is 8.90. The van der Waals surface area contributed by atoms with E-state index >= 15 is 0 Å². The summed E-state index contributed by atoms with van der Waals surface area (Å²) in [5.74, 6) is 0. The van der Waals surface area contributed by atoms with Crippen molar-refractivity contribution in [3.63, 3.8) is 0 Å². The molecule has 0 aromatic carbocycles. The van der Waals surface area contributed by atoms with Crippen LogP contribution in [0, 0.1) is 5.41 Å². The van der Waals surface area contributed by atoms with E-state index in [-0.39, 0.29) is 5.54 Å². The van der Waals surface area contributed by atoms with E-state index in [1.807, 2.05) is 0 Å². The van der Waals surface area contributed by atoms with Gasteiger partial charge in [-0.05, 0) is 44.1 Å². The summed E-state index contributed by atoms with van der Waals surface area (Å²) in [5, 5.41) is 3.69. The maximum absolute atomic E-state index is 5.97. The second-order valence-electron chi connectivity index (χ2n) is 5.93. The highest BCUT2D eigenvalue weighted by atomic mass is 15.0. The lowest BCUT2D eigenvalue weighted by atomic mass is 9.83. The highest BCUT2D eigenvalue weighted by molar-refractivity contribution is 4.93. The van der Waals surface area contributed by atoms with Crippen LogP contribution in [0.4, 0.5) is 0 Å². The monoisotopic (exact) mass is 212 g/mol. The lowest BCUT2D eigenvalue weighted by Crippen LogP contribution is -2.51. The first-order chi connectivity index (χ1) is 7.04. The molecule has 1 fully saturated rings. The Bertz CT molecular complexity index is 189. The van der Waals surface area contributed by atoms with E-state index in [1.165, 1.54) is 38.5 Å². The van der Waals surface area contributed by atoms with E-state index < -0.39 is 0 Å². The minimum absolute atomic E-state index is 0.240. The van der Waals surface area contributed by atoms with Gasteiger partial charge in [-0.2, -0.15) is 0 Å². The fourth-order valence-electron chi connectivity index (χ4n) is 2.58. The molecule has 0 saturated heterocycles. The largest absolute Gasteiger partial charge is 0.329 e. The average molecular weight is 212 g/mol. The van der Waals surface area contributed by atoms with E-state index in [9.17, 15) is 0 Å². The summed E-state index contributed by atoms with van der Waals surface area (Å²) in [6.07, 6.45) is 7.68. The molecule has 90 valence electrons. The van der Waals surface area contributed by atoms with Crippen LogP contribution in [0.25, 0.3) is 0 Å². The van der Waals surface area contributed by atoms with Gasteiger partial charge in [-0.25, -0.2) is 0 Å². The first-order valence-electron chi connectivity index (χ1n) is 6.49. The lowest BCUT2D eigenvalue weighted by Gasteiger charge is -2.33. The van der Waals surface area contributed by atoms with Crippen molar-refractivity contribution >= 4 is 0 Å². The van der Waals surface area contributed by atoms with Gasteiger partial charge in [-0.15, -0.1) is 0 Å². The van der Waals surface area contributed by atoms with Crippen molar-refractivity contribution in [3.8, 4) is 0 Å². The number of rotatable bonds is 4. The van der Waals surface area contributed by atoms with Crippen molar-refractivity contribution in [2.24, 2.45) is 11.1 Å². The predicted octanol–water partition coefficient (Wildman–Crippen LogP) is 2.67. The zero-order valence-electron chi connectivity index (χ0n) is 10.7. The number of nitrogens with two attached hydrogens (primary N) is 1. The molecular formula is C13H28N2. The first kappa shape index (κ1) is 13.0. The van der Waals surface area contributed by atoms with Crippen LogP contribution in [0.2, 0.25) is 0 Å². The molecule has 0 amide bonds. The Labute approximate surface area is 95.0 Å². The summed E-state index contributed by atoms with van der Waals surface area (Å²) >= 11 is 0. The maximum Gasteiger partial charge on any atom is 0.0304 e. The Morgan fingerprint density at radius 3 is 2.47 bits per heavy atom. The molecule has 0 aromatic rings. The predicted molar refractivity (Wildman–Crippen MR) is 66.9 cm³/mol. The third-order valence-electron chi connectivity index (χ3n) is 3.93. The normalized spacial score (nSPS) is 31.2. The van der Waals surface area contributed by atoms with Crippen LogP contribution in [0.5, 0.6) is 0 Å². The summed E-state index contributed by atoms with van der Waals surface area (Å²) in [4.78, 5) is 0. The summed E-state index contributed by atoms with van der Waals surface area (Å²) in [6, 6.07) is 0. The molecule has 1 atom stereocenters. The molecule has 1 aliphatic carbocycles. The van der Waals surface area contributed by atoms with Crippen LogP contribution < -0.4 is 11.1 Å². The first-order valence-corrected chi connectivity index (χ1v) is 6.49. The number of nitrogens with one attached hydrogen (secondary N) is 1. The molecule has 0 aliphatic heterocycles. The van der Waals surface area contributed by atoms with E-state index in [0.717, 1.165) is 13.1 Å². The van der Waals surface area contributed by atoms with Gasteiger partial charge in [0.2, 0.25) is 0 Å². The van der Waals surface area contributed by atoms with Gasteiger partial charge in [0, 0.05) is 12.1 Å². The van der Waals surface area contributed by atoms with Gasteiger partial charge < -0.3 is 11.1 Å². The second kappa shape index (κ2) is 5.31. The maximum atomic E-state index is 5.97. The van der Waals surface area contributed by atoms with E-state index in [0.29, 0.717) is 5.41 Å². The zero-order chi connectivity index (χ0) is 11.4. The van der Waals surface area contributed by atoms with Crippen molar-refractivity contribution < 1.29 is 0 Å². The number of hydrogen-bond acceptors (Lipinski definition) is 2. The van der Waals surface area contributed by atoms with Crippen molar-refractivity contribution in [1.29, 1.82) is 0 Å². The molecule has 2 nitrogen and oxygen atoms in total. The Balaban J connectivity index is 2.57. The average Bonchev–Trinajstić information content (AvgIpc) is 2.35. The SMILES string of the molecule is CCCNC1(CN)CCCC(C)(C)CC1. The minimum Gasteiger partial charge on any atom is -0.329 e. The summed E-state index contributed by atoms with van der Waals surface area (Å²) in [7, 11) is 0. The van der Waals surface area contributed by atoms with Crippen LogP contribution in [0.1, 0.15) is 59.3 Å². The molecule has 0 bridgehead atoms. The zero-order valence-corrected chi connectivity index (χ0v) is 10.7. The smallest absolute Gasteiger partial charge is 0.0304 e. The van der Waals surface area contributed by atoms with Crippen LogP contribution in [-0.4, -0.2) is 18.6 Å². The molecule has 0 spiro atoms. The Kier molecular flexibility index (Phi) is 4.60. The molecule has 1 saturated carbocycles. The topological polar surface area (TPSA) is 38.0 Å². The Morgan fingerprint density at radius 2 is 1.87 bits per heavy atom. The van der Waals surface area contributed by atoms with Gasteiger partial charge in [0.05, 0.1) is 0 Å². The summed E-state index contributed by atoms with van der Waals surface area (Å²) < 4.78 is 0. The quantitative estimate of drug-likeness (QED) is 0.703. The van der Waals surface area contributed by atoms with E-state index in [2.05, 4.69) is 26.1 Å². The fourth-order valence-corrected chi connectivity index (χ4v) is 2.58. The van der Waals surface area contributed by atoms with E-state index in [1.54, 1.807) is 0 Å². The minimum atomic E-state index is 0.240. The highest BCUT2D eigenvalue weighted by Gasteiger charge is 2.33. The third kappa shape index (κ3) is 3.76. The van der Waals surface area contributed by atoms with Gasteiger partial charge in [0.15, 0.2) is 0 Å². The number of hydrogen-bond donors (Lipinski definition) is 2.